The number of hydrogen-bond donors (Lipinski definition) is 4. The highest BCUT2D eigenvalue weighted by Crippen LogP contribution is 2.62. The molecule has 1 aliphatic heterocycles. The maximum Gasteiger partial charge on any atom is 0.248 e. The quantitative estimate of drug-likeness (QED) is 0.153. The van der Waals surface area contributed by atoms with Crippen molar-refractivity contribution in [1.29, 1.82) is 0 Å². The Bertz CT molecular complexity index is 1470. The maximum atomic E-state index is 14.3. The van der Waals surface area contributed by atoms with Crippen molar-refractivity contribution in [2.45, 2.75) is 84.7 Å². The highest BCUT2D eigenvalue weighted by atomic mass is 32.2. The molecule has 1 unspecified atom stereocenters. The van der Waals surface area contributed by atoms with Gasteiger partial charge in [-0.1, -0.05) is 29.5 Å². The zero-order valence-electron chi connectivity index (χ0n) is 24.1. The van der Waals surface area contributed by atoms with E-state index in [9.17, 15) is 37.3 Å². The lowest BCUT2D eigenvalue weighted by Crippen LogP contribution is -2.54. The highest BCUT2D eigenvalue weighted by Gasteiger charge is 2.54. The van der Waals surface area contributed by atoms with Crippen molar-refractivity contribution in [2.24, 2.45) is 0 Å². The topological polar surface area (TPSA) is 101 Å². The van der Waals surface area contributed by atoms with E-state index >= 15 is 0 Å². The first-order valence-corrected chi connectivity index (χ1v) is 16.5. The predicted molar refractivity (Wildman–Crippen MR) is 155 cm³/mol. The number of methoxy groups -OCH3 is 1. The number of nitrogens with zero attached hydrogens (tertiary/aromatic N) is 3. The van der Waals surface area contributed by atoms with Crippen LogP contribution < -0.4 is 0 Å². The molecule has 6 rings (SSSR count). The van der Waals surface area contributed by atoms with Crippen LogP contribution in [0.2, 0.25) is 0 Å². The van der Waals surface area contributed by atoms with E-state index in [2.05, 4.69) is 10.3 Å². The second-order valence-electron chi connectivity index (χ2n) is 12.3. The Morgan fingerprint density at radius 1 is 1.07 bits per heavy atom. The van der Waals surface area contributed by atoms with Gasteiger partial charge in [-0.05, 0) is 54.9 Å². The molecule has 13 heteroatoms. The van der Waals surface area contributed by atoms with Crippen LogP contribution in [0.15, 0.2) is 42.6 Å². The standard InChI is InChI=1S/C31H36F5N3O4S/c1-43-24-16-44(29(30(42)8-10-31(35,36)11-9-30)20-5-3-2-4-19(20)17-6-7-17)25(15-40)28(41)27(24)39-14-23(37-38-39)18-12-21(32)26(34)22(33)13-18/h2-5,12-14,17,24-25,27-29,40-42,44H,6-11,15-16H2,1H3/t24-,25+,27+,28-,29+/m0/s1. The third-order valence-electron chi connectivity index (χ3n) is 9.52. The fourth-order valence-corrected chi connectivity index (χ4v) is 10.9. The van der Waals surface area contributed by atoms with Gasteiger partial charge in [0.15, 0.2) is 17.5 Å². The number of ether oxygens (including phenoxy) is 1. The minimum Gasteiger partial charge on any atom is -0.395 e. The molecule has 2 aliphatic carbocycles. The summed E-state index contributed by atoms with van der Waals surface area (Å²) in [6, 6.07) is 8.46. The first kappa shape index (κ1) is 31.4. The second kappa shape index (κ2) is 12.0. The maximum absolute atomic E-state index is 14.3. The molecule has 3 aromatic rings. The van der Waals surface area contributed by atoms with Crippen LogP contribution in [0.5, 0.6) is 0 Å². The van der Waals surface area contributed by atoms with Gasteiger partial charge in [0, 0.05) is 41.8 Å². The summed E-state index contributed by atoms with van der Waals surface area (Å²) in [5, 5.41) is 41.5. The van der Waals surface area contributed by atoms with Crippen molar-refractivity contribution in [3.05, 3.63) is 71.2 Å². The van der Waals surface area contributed by atoms with E-state index in [4.69, 9.17) is 4.74 Å². The van der Waals surface area contributed by atoms with Crippen molar-refractivity contribution in [3.63, 3.8) is 0 Å². The van der Waals surface area contributed by atoms with Gasteiger partial charge in [0.1, 0.15) is 11.7 Å². The van der Waals surface area contributed by atoms with E-state index in [0.717, 1.165) is 36.1 Å². The van der Waals surface area contributed by atoms with Crippen LogP contribution in [-0.4, -0.2) is 78.8 Å². The molecule has 3 N–H and O–H groups in total. The van der Waals surface area contributed by atoms with Crippen molar-refractivity contribution in [1.82, 2.24) is 15.0 Å². The summed E-state index contributed by atoms with van der Waals surface area (Å²) in [4.78, 5) is 0. The number of aromatic nitrogens is 3. The van der Waals surface area contributed by atoms with Gasteiger partial charge in [-0.2, -0.15) is 0 Å². The molecule has 0 bridgehead atoms. The van der Waals surface area contributed by atoms with Gasteiger partial charge in [-0.25, -0.2) is 37.5 Å². The summed E-state index contributed by atoms with van der Waals surface area (Å²) in [5.74, 6) is -6.64. The van der Waals surface area contributed by atoms with E-state index in [-0.39, 0.29) is 24.1 Å². The molecule has 3 fully saturated rings. The van der Waals surface area contributed by atoms with Gasteiger partial charge in [-0.3, -0.25) is 0 Å². The molecule has 44 heavy (non-hydrogen) atoms. The predicted octanol–water partition coefficient (Wildman–Crippen LogP) is 5.21. The van der Waals surface area contributed by atoms with E-state index < -0.39 is 88.1 Å². The fourth-order valence-electron chi connectivity index (χ4n) is 7.03. The van der Waals surface area contributed by atoms with Gasteiger partial charge in [0.2, 0.25) is 5.92 Å². The Labute approximate surface area is 254 Å². The average molecular weight is 642 g/mol. The van der Waals surface area contributed by atoms with Crippen LogP contribution in [0.3, 0.4) is 0 Å². The number of halogens is 5. The van der Waals surface area contributed by atoms with Crippen molar-refractivity contribution in [3.8, 4) is 11.3 Å². The lowest BCUT2D eigenvalue weighted by atomic mass is 9.77. The SMILES string of the molecule is CO[C@H]1C[SH]([C@H](c2ccccc2C2CC2)C2(O)CCC(F)(F)CC2)[C@H](CO)[C@H](O)[C@@H]1n1cc(-c2cc(F)c(F)c(F)c2)nn1. The van der Waals surface area contributed by atoms with Crippen LogP contribution in [0.4, 0.5) is 22.0 Å². The summed E-state index contributed by atoms with van der Waals surface area (Å²) in [5.41, 5.74) is 0.435. The number of thiol groups is 1. The molecule has 0 radical (unpaired) electrons. The molecule has 1 aromatic heterocycles. The number of alkyl halides is 2. The molecule has 6 atom stereocenters. The first-order chi connectivity index (χ1) is 21.0. The summed E-state index contributed by atoms with van der Waals surface area (Å²) in [6.45, 7) is -0.440. The van der Waals surface area contributed by atoms with Gasteiger partial charge in [0.25, 0.3) is 0 Å². The largest absolute Gasteiger partial charge is 0.395 e. The smallest absolute Gasteiger partial charge is 0.248 e. The summed E-state index contributed by atoms with van der Waals surface area (Å²) >= 11 is 0. The molecule has 3 aliphatic rings. The molecule has 2 saturated carbocycles. The van der Waals surface area contributed by atoms with Crippen LogP contribution in [0.1, 0.15) is 66.9 Å². The van der Waals surface area contributed by atoms with E-state index in [1.54, 1.807) is 0 Å². The van der Waals surface area contributed by atoms with Crippen LogP contribution in [0, 0.1) is 17.5 Å². The minimum atomic E-state index is -2.87. The Hall–Kier alpha value is -2.58. The molecule has 0 amide bonds. The van der Waals surface area contributed by atoms with Crippen molar-refractivity contribution in [2.75, 3.05) is 19.5 Å². The molecule has 0 spiro atoms. The number of hydrogen-bond acceptors (Lipinski definition) is 6. The summed E-state index contributed by atoms with van der Waals surface area (Å²) in [7, 11) is -0.00249. The molecule has 2 heterocycles. The lowest BCUT2D eigenvalue weighted by molar-refractivity contribution is -0.105. The molecule has 7 nitrogen and oxygen atoms in total. The summed E-state index contributed by atoms with van der Waals surface area (Å²) < 4.78 is 77.2. The normalized spacial score (nSPS) is 29.8. The Morgan fingerprint density at radius 2 is 1.73 bits per heavy atom. The molecule has 2 aromatic carbocycles. The zero-order chi connectivity index (χ0) is 31.4. The number of rotatable bonds is 8. The third-order valence-corrected chi connectivity index (χ3v) is 13.0. The third kappa shape index (κ3) is 5.77. The molecular weight excluding hydrogens is 605 g/mol. The van der Waals surface area contributed by atoms with Crippen molar-refractivity contribution >= 4 is 10.9 Å². The molecular formula is C31H36F5N3O4S. The van der Waals surface area contributed by atoms with Crippen molar-refractivity contribution < 1.29 is 42.0 Å². The Kier molecular flexibility index (Phi) is 8.55. The lowest BCUT2D eigenvalue weighted by Gasteiger charge is -2.54. The zero-order valence-corrected chi connectivity index (χ0v) is 25.0. The number of aliphatic hydroxyl groups is 3. The number of aliphatic hydroxyl groups excluding tert-OH is 2. The van der Waals surface area contributed by atoms with Gasteiger partial charge >= 0.3 is 0 Å². The van der Waals surface area contributed by atoms with Gasteiger partial charge in [-0.15, -0.1) is 5.10 Å². The minimum absolute atomic E-state index is 0.0342. The van der Waals surface area contributed by atoms with Gasteiger partial charge < -0.3 is 20.1 Å². The first-order valence-electron chi connectivity index (χ1n) is 14.8. The Morgan fingerprint density at radius 3 is 2.34 bits per heavy atom. The number of benzene rings is 2. The second-order valence-corrected chi connectivity index (χ2v) is 14.9. The van der Waals surface area contributed by atoms with Crippen LogP contribution in [-0.2, 0) is 4.74 Å². The van der Waals surface area contributed by atoms with Crippen LogP contribution in [0.25, 0.3) is 11.3 Å². The average Bonchev–Trinajstić information content (AvgIpc) is 3.74. The molecule has 1 saturated heterocycles. The molecule has 240 valence electrons. The van der Waals surface area contributed by atoms with Gasteiger partial charge in [0.05, 0.1) is 30.6 Å². The summed E-state index contributed by atoms with van der Waals surface area (Å²) in [6.07, 6.45) is 0.250. The van der Waals surface area contributed by atoms with Crippen LogP contribution >= 0.6 is 10.9 Å². The van der Waals surface area contributed by atoms with E-state index in [1.807, 2.05) is 24.3 Å². The van der Waals surface area contributed by atoms with E-state index in [0.29, 0.717) is 11.7 Å². The fraction of sp³-hybridized carbons (Fsp3) is 0.548. The monoisotopic (exact) mass is 641 g/mol. The Balaban J connectivity index is 1.38. The highest BCUT2D eigenvalue weighted by molar-refractivity contribution is 8.18. The van der Waals surface area contributed by atoms with E-state index in [1.165, 1.54) is 18.0 Å².